The first-order valence-electron chi connectivity index (χ1n) is 14.1. The number of ether oxygens (including phenoxy) is 4. The SMILES string of the molecule is C=CC(=O)OCCCCCCOc1ccc(C(=O)Oc2ccc(C(c3ccc(OC(C)=O)cc3)(C(F)(F)F)C(F)(F)F)cc2)c(F)c1. The zero-order chi connectivity index (χ0) is 34.8. The molecule has 0 aliphatic carbocycles. The van der Waals surface area contributed by atoms with Crippen molar-refractivity contribution in [3.8, 4) is 17.2 Å². The summed E-state index contributed by atoms with van der Waals surface area (Å²) in [6, 6.07) is 8.47. The number of esters is 3. The van der Waals surface area contributed by atoms with Crippen LogP contribution in [0.2, 0.25) is 0 Å². The summed E-state index contributed by atoms with van der Waals surface area (Å²) in [7, 11) is 0. The molecular formula is C33H29F7O7. The molecule has 0 aliphatic heterocycles. The highest BCUT2D eigenvalue weighted by Crippen LogP contribution is 2.56. The quantitative estimate of drug-likeness (QED) is 0.0564. The number of benzene rings is 3. The van der Waals surface area contributed by atoms with Crippen LogP contribution < -0.4 is 14.2 Å². The van der Waals surface area contributed by atoms with Crippen LogP contribution in [-0.4, -0.2) is 43.5 Å². The Morgan fingerprint density at radius 2 is 1.19 bits per heavy atom. The Morgan fingerprint density at radius 1 is 0.702 bits per heavy atom. The number of carbonyl (C=O) groups is 3. The van der Waals surface area contributed by atoms with E-state index in [2.05, 4.69) is 6.58 Å². The van der Waals surface area contributed by atoms with Crippen LogP contribution in [0.15, 0.2) is 79.4 Å². The lowest BCUT2D eigenvalue weighted by atomic mass is 9.73. The third-order valence-electron chi connectivity index (χ3n) is 6.78. The van der Waals surface area contributed by atoms with Crippen LogP contribution in [0.4, 0.5) is 30.7 Å². The van der Waals surface area contributed by atoms with Crippen LogP contribution >= 0.6 is 0 Å². The summed E-state index contributed by atoms with van der Waals surface area (Å²) in [5.74, 6) is -4.20. The summed E-state index contributed by atoms with van der Waals surface area (Å²) < 4.78 is 121. The molecule has 0 amide bonds. The van der Waals surface area contributed by atoms with Crippen LogP contribution in [0.5, 0.6) is 17.2 Å². The van der Waals surface area contributed by atoms with Gasteiger partial charge in [0.1, 0.15) is 23.1 Å². The molecule has 0 saturated carbocycles. The van der Waals surface area contributed by atoms with Gasteiger partial charge >= 0.3 is 30.3 Å². The number of hydrogen-bond acceptors (Lipinski definition) is 7. The summed E-state index contributed by atoms with van der Waals surface area (Å²) in [6.07, 6.45) is -7.95. The first kappa shape index (κ1) is 36.6. The number of unbranched alkanes of at least 4 members (excludes halogenated alkanes) is 3. The molecule has 0 saturated heterocycles. The molecule has 252 valence electrons. The van der Waals surface area contributed by atoms with E-state index in [4.69, 9.17) is 18.9 Å². The van der Waals surface area contributed by atoms with Gasteiger partial charge in [0, 0.05) is 19.1 Å². The monoisotopic (exact) mass is 670 g/mol. The average Bonchev–Trinajstić information content (AvgIpc) is 2.98. The summed E-state index contributed by atoms with van der Waals surface area (Å²) >= 11 is 0. The highest BCUT2D eigenvalue weighted by atomic mass is 19.4. The summed E-state index contributed by atoms with van der Waals surface area (Å²) in [6.45, 7) is 4.80. The second-order valence-electron chi connectivity index (χ2n) is 10.1. The highest BCUT2D eigenvalue weighted by molar-refractivity contribution is 5.91. The minimum Gasteiger partial charge on any atom is -0.493 e. The van der Waals surface area contributed by atoms with Gasteiger partial charge in [-0.3, -0.25) is 4.79 Å². The van der Waals surface area contributed by atoms with Gasteiger partial charge in [-0.2, -0.15) is 26.3 Å². The van der Waals surface area contributed by atoms with Gasteiger partial charge in [-0.05, 0) is 73.2 Å². The molecule has 0 unspecified atom stereocenters. The maximum atomic E-state index is 14.7. The molecule has 3 aromatic rings. The smallest absolute Gasteiger partial charge is 0.411 e. The molecule has 0 spiro atoms. The fraction of sp³-hybridized carbons (Fsp3) is 0.303. The molecule has 0 fully saturated rings. The van der Waals surface area contributed by atoms with E-state index >= 15 is 0 Å². The Balaban J connectivity index is 1.70. The summed E-state index contributed by atoms with van der Waals surface area (Å²) in [5.41, 5.74) is -7.49. The Bertz CT molecular complexity index is 1530. The number of carbonyl (C=O) groups excluding carboxylic acids is 3. The Labute approximate surface area is 264 Å². The topological polar surface area (TPSA) is 88.1 Å². The maximum Gasteiger partial charge on any atom is 0.411 e. The zero-order valence-electron chi connectivity index (χ0n) is 24.9. The lowest BCUT2D eigenvalue weighted by molar-refractivity contribution is -0.288. The van der Waals surface area contributed by atoms with Gasteiger partial charge in [0.15, 0.2) is 0 Å². The van der Waals surface area contributed by atoms with E-state index in [1.54, 1.807) is 0 Å². The Kier molecular flexibility index (Phi) is 12.1. The molecule has 0 aliphatic rings. The van der Waals surface area contributed by atoms with Gasteiger partial charge in [-0.15, -0.1) is 0 Å². The molecular weight excluding hydrogens is 641 g/mol. The molecule has 3 aromatic carbocycles. The normalized spacial score (nSPS) is 11.8. The summed E-state index contributed by atoms with van der Waals surface area (Å²) in [4.78, 5) is 34.7. The van der Waals surface area contributed by atoms with Crippen LogP contribution in [0.25, 0.3) is 0 Å². The second kappa shape index (κ2) is 15.6. The fourth-order valence-electron chi connectivity index (χ4n) is 4.59. The molecule has 0 atom stereocenters. The van der Waals surface area contributed by atoms with Crippen molar-refractivity contribution in [1.29, 1.82) is 0 Å². The van der Waals surface area contributed by atoms with Crippen molar-refractivity contribution in [2.24, 2.45) is 0 Å². The lowest BCUT2D eigenvalue weighted by Gasteiger charge is -2.38. The molecule has 3 rings (SSSR count). The van der Waals surface area contributed by atoms with Crippen molar-refractivity contribution in [2.75, 3.05) is 13.2 Å². The molecule has 0 aromatic heterocycles. The molecule has 0 radical (unpaired) electrons. The van der Waals surface area contributed by atoms with Crippen LogP contribution in [-0.2, 0) is 19.7 Å². The Morgan fingerprint density at radius 3 is 1.66 bits per heavy atom. The van der Waals surface area contributed by atoms with Crippen molar-refractivity contribution in [1.82, 2.24) is 0 Å². The van der Waals surface area contributed by atoms with Gasteiger partial charge < -0.3 is 18.9 Å². The van der Waals surface area contributed by atoms with Crippen LogP contribution in [0, 0.1) is 5.82 Å². The molecule has 14 heteroatoms. The predicted octanol–water partition coefficient (Wildman–Crippen LogP) is 8.05. The first-order chi connectivity index (χ1) is 22.1. The number of hydrogen-bond donors (Lipinski definition) is 0. The van der Waals surface area contributed by atoms with E-state index in [-0.39, 0.29) is 24.7 Å². The molecule has 0 N–H and O–H groups in total. The van der Waals surface area contributed by atoms with Crippen molar-refractivity contribution < 1.29 is 64.1 Å². The lowest BCUT2D eigenvalue weighted by Crippen LogP contribution is -2.54. The summed E-state index contributed by atoms with van der Waals surface area (Å²) in [5, 5.41) is 0. The van der Waals surface area contributed by atoms with E-state index < -0.39 is 63.9 Å². The van der Waals surface area contributed by atoms with E-state index in [0.29, 0.717) is 37.1 Å². The molecule has 0 heterocycles. The Hall–Kier alpha value is -4.88. The maximum absolute atomic E-state index is 14.7. The van der Waals surface area contributed by atoms with Gasteiger partial charge in [0.05, 0.1) is 18.8 Å². The van der Waals surface area contributed by atoms with Crippen molar-refractivity contribution in [3.63, 3.8) is 0 Å². The molecule has 47 heavy (non-hydrogen) atoms. The van der Waals surface area contributed by atoms with E-state index in [1.807, 2.05) is 0 Å². The van der Waals surface area contributed by atoms with Gasteiger partial charge in [-0.25, -0.2) is 14.0 Å². The van der Waals surface area contributed by atoms with Gasteiger partial charge in [0.25, 0.3) is 0 Å². The van der Waals surface area contributed by atoms with Gasteiger partial charge in [0.2, 0.25) is 5.41 Å². The van der Waals surface area contributed by atoms with E-state index in [1.165, 1.54) is 6.07 Å². The number of halogens is 7. The van der Waals surface area contributed by atoms with Gasteiger partial charge in [-0.1, -0.05) is 30.8 Å². The fourth-order valence-corrected chi connectivity index (χ4v) is 4.59. The van der Waals surface area contributed by atoms with Crippen molar-refractivity contribution in [2.45, 2.75) is 50.4 Å². The number of alkyl halides is 6. The minimum absolute atomic E-state index is 0.111. The third kappa shape index (κ3) is 9.11. The van der Waals surface area contributed by atoms with Crippen LogP contribution in [0.3, 0.4) is 0 Å². The van der Waals surface area contributed by atoms with E-state index in [9.17, 15) is 45.1 Å². The minimum atomic E-state index is -5.89. The average molecular weight is 671 g/mol. The first-order valence-corrected chi connectivity index (χ1v) is 14.1. The number of rotatable bonds is 14. The third-order valence-corrected chi connectivity index (χ3v) is 6.78. The standard InChI is InChI=1S/C33H29F7O7/c1-3-29(42)45-19-7-5-4-6-18-44-26-16-17-27(28(34)20-26)30(43)47-25-14-10-23(11-15-25)31(32(35,36)37,33(38,39)40)22-8-12-24(13-9-22)46-21(2)41/h3,8-17,20H,1,4-7,18-19H2,2H3. The van der Waals surface area contributed by atoms with Crippen LogP contribution in [0.1, 0.15) is 54.1 Å². The molecule has 7 nitrogen and oxygen atoms in total. The zero-order valence-corrected chi connectivity index (χ0v) is 24.9. The van der Waals surface area contributed by atoms with Crippen molar-refractivity contribution in [3.05, 3.63) is 102 Å². The molecule has 0 bridgehead atoms. The largest absolute Gasteiger partial charge is 0.493 e. The predicted molar refractivity (Wildman–Crippen MR) is 154 cm³/mol. The highest BCUT2D eigenvalue weighted by Gasteiger charge is 2.72. The van der Waals surface area contributed by atoms with Crippen molar-refractivity contribution >= 4 is 17.9 Å². The second-order valence-corrected chi connectivity index (χ2v) is 10.1. The van der Waals surface area contributed by atoms with E-state index in [0.717, 1.165) is 62.2 Å².